The number of H-pyrrole nitrogens is 1. The molecule has 0 spiro atoms. The highest BCUT2D eigenvalue weighted by molar-refractivity contribution is 7.98. The van der Waals surface area contributed by atoms with E-state index in [1.165, 1.54) is 22.1 Å². The standard InChI is InChI=1S/C23H25N3OS/c24-23(27)19-6-7-21-20(15-25-22(21)14-19)16-28-13-12-26-10-8-18(9-11-26)17-4-2-1-3-5-17/h1-8,14-15,25H,9-13,16H2,(H2,24,27). The summed E-state index contributed by atoms with van der Waals surface area (Å²) in [7, 11) is 0. The lowest BCUT2D eigenvalue weighted by Gasteiger charge is -2.26. The first-order valence-corrected chi connectivity index (χ1v) is 10.8. The second-order valence-corrected chi connectivity index (χ2v) is 8.24. The van der Waals surface area contributed by atoms with Crippen molar-refractivity contribution in [2.75, 3.05) is 25.4 Å². The van der Waals surface area contributed by atoms with Gasteiger partial charge in [-0.2, -0.15) is 11.8 Å². The number of carbonyl (C=O) groups is 1. The fourth-order valence-electron chi connectivity index (χ4n) is 3.66. The Kier molecular flexibility index (Phi) is 5.84. The fourth-order valence-corrected chi connectivity index (χ4v) is 4.65. The van der Waals surface area contributed by atoms with Crippen molar-refractivity contribution in [2.45, 2.75) is 12.2 Å². The number of benzene rings is 2. The molecule has 4 nitrogen and oxygen atoms in total. The average Bonchev–Trinajstić information content (AvgIpc) is 3.14. The molecular weight excluding hydrogens is 366 g/mol. The van der Waals surface area contributed by atoms with E-state index in [1.54, 1.807) is 6.07 Å². The third-order valence-corrected chi connectivity index (χ3v) is 6.29. The van der Waals surface area contributed by atoms with E-state index in [0.717, 1.165) is 43.1 Å². The van der Waals surface area contributed by atoms with Gasteiger partial charge in [0.05, 0.1) is 0 Å². The third-order valence-electron chi connectivity index (χ3n) is 5.30. The normalized spacial score (nSPS) is 14.9. The van der Waals surface area contributed by atoms with Gasteiger partial charge in [0.25, 0.3) is 0 Å². The summed E-state index contributed by atoms with van der Waals surface area (Å²) in [6.45, 7) is 3.27. The predicted octanol–water partition coefficient (Wildman–Crippen LogP) is 4.29. The van der Waals surface area contributed by atoms with Crippen LogP contribution in [0.3, 0.4) is 0 Å². The molecule has 1 aromatic heterocycles. The minimum atomic E-state index is -0.390. The molecule has 2 aromatic carbocycles. The Hall–Kier alpha value is -2.50. The van der Waals surface area contributed by atoms with Crippen LogP contribution in [0.1, 0.15) is 27.9 Å². The van der Waals surface area contributed by atoms with Gasteiger partial charge < -0.3 is 10.7 Å². The molecule has 0 saturated carbocycles. The van der Waals surface area contributed by atoms with Crippen LogP contribution in [0.5, 0.6) is 0 Å². The smallest absolute Gasteiger partial charge is 0.248 e. The first-order valence-electron chi connectivity index (χ1n) is 9.65. The molecule has 5 heteroatoms. The number of aromatic nitrogens is 1. The lowest BCUT2D eigenvalue weighted by Crippen LogP contribution is -2.30. The van der Waals surface area contributed by atoms with Gasteiger partial charge in [0.2, 0.25) is 5.91 Å². The monoisotopic (exact) mass is 391 g/mol. The molecule has 0 unspecified atom stereocenters. The van der Waals surface area contributed by atoms with Gasteiger partial charge in [-0.15, -0.1) is 0 Å². The molecule has 0 radical (unpaired) electrons. The van der Waals surface area contributed by atoms with Crippen molar-refractivity contribution < 1.29 is 4.79 Å². The number of carbonyl (C=O) groups excluding carboxylic acids is 1. The van der Waals surface area contributed by atoms with E-state index < -0.39 is 5.91 Å². The fraction of sp³-hybridized carbons (Fsp3) is 0.261. The van der Waals surface area contributed by atoms with Crippen molar-refractivity contribution >= 4 is 34.1 Å². The average molecular weight is 392 g/mol. The summed E-state index contributed by atoms with van der Waals surface area (Å²) >= 11 is 1.95. The Balaban J connectivity index is 1.26. The maximum Gasteiger partial charge on any atom is 0.248 e. The molecule has 0 saturated heterocycles. The SMILES string of the molecule is NC(=O)c1ccc2c(CSCCN3CC=C(c4ccccc4)CC3)c[nH]c2c1. The maximum atomic E-state index is 11.3. The second kappa shape index (κ2) is 8.67. The van der Waals surface area contributed by atoms with E-state index in [9.17, 15) is 4.79 Å². The number of nitrogens with two attached hydrogens (primary N) is 1. The highest BCUT2D eigenvalue weighted by atomic mass is 32.2. The molecule has 3 aromatic rings. The largest absolute Gasteiger partial charge is 0.366 e. The van der Waals surface area contributed by atoms with Gasteiger partial charge in [0.1, 0.15) is 0 Å². The summed E-state index contributed by atoms with van der Waals surface area (Å²) in [5.41, 5.74) is 11.0. The number of nitrogens with zero attached hydrogens (tertiary/aromatic N) is 1. The number of nitrogens with one attached hydrogen (secondary N) is 1. The summed E-state index contributed by atoms with van der Waals surface area (Å²) in [6.07, 6.45) is 5.54. The van der Waals surface area contributed by atoms with Crippen LogP contribution in [0.4, 0.5) is 0 Å². The van der Waals surface area contributed by atoms with Gasteiger partial charge >= 0.3 is 0 Å². The Labute approximate surface area is 169 Å². The van der Waals surface area contributed by atoms with Gasteiger partial charge in [-0.1, -0.05) is 42.5 Å². The minimum Gasteiger partial charge on any atom is -0.366 e. The number of fused-ring (bicyclic) bond motifs is 1. The number of hydrogen-bond donors (Lipinski definition) is 2. The van der Waals surface area contributed by atoms with Crippen molar-refractivity contribution in [3.63, 3.8) is 0 Å². The molecule has 144 valence electrons. The van der Waals surface area contributed by atoms with Gasteiger partial charge in [-0.3, -0.25) is 9.69 Å². The zero-order chi connectivity index (χ0) is 19.3. The summed E-state index contributed by atoms with van der Waals surface area (Å²) in [5, 5.41) is 1.17. The lowest BCUT2D eigenvalue weighted by molar-refractivity contribution is 0.100. The van der Waals surface area contributed by atoms with Gasteiger partial charge in [-0.25, -0.2) is 0 Å². The van der Waals surface area contributed by atoms with E-state index in [4.69, 9.17) is 5.73 Å². The molecule has 1 aliphatic heterocycles. The van der Waals surface area contributed by atoms with Crippen LogP contribution in [0, 0.1) is 0 Å². The molecule has 0 bridgehead atoms. The quantitative estimate of drug-likeness (QED) is 0.591. The van der Waals surface area contributed by atoms with Crippen LogP contribution in [-0.4, -0.2) is 41.2 Å². The molecule has 2 heterocycles. The third kappa shape index (κ3) is 4.32. The van der Waals surface area contributed by atoms with Gasteiger partial charge in [-0.05, 0) is 35.3 Å². The molecular formula is C23H25N3OS. The number of hydrogen-bond acceptors (Lipinski definition) is 3. The molecule has 3 N–H and O–H groups in total. The minimum absolute atomic E-state index is 0.390. The van der Waals surface area contributed by atoms with Crippen LogP contribution in [-0.2, 0) is 5.75 Å². The maximum absolute atomic E-state index is 11.3. The highest BCUT2D eigenvalue weighted by Gasteiger charge is 2.13. The number of aromatic amines is 1. The van der Waals surface area contributed by atoms with Crippen molar-refractivity contribution in [3.8, 4) is 0 Å². The number of thioether (sulfide) groups is 1. The van der Waals surface area contributed by atoms with Gasteiger partial charge in [0, 0.05) is 53.8 Å². The molecule has 1 amide bonds. The zero-order valence-corrected chi connectivity index (χ0v) is 16.7. The van der Waals surface area contributed by atoms with Crippen LogP contribution in [0.2, 0.25) is 0 Å². The van der Waals surface area contributed by atoms with Crippen molar-refractivity contribution in [1.82, 2.24) is 9.88 Å². The first kappa shape index (κ1) is 18.8. The first-order chi connectivity index (χ1) is 13.7. The number of amides is 1. The van der Waals surface area contributed by atoms with Gasteiger partial charge in [0.15, 0.2) is 0 Å². The topological polar surface area (TPSA) is 62.1 Å². The van der Waals surface area contributed by atoms with E-state index >= 15 is 0 Å². The molecule has 0 atom stereocenters. The van der Waals surface area contributed by atoms with Crippen molar-refractivity contribution in [1.29, 1.82) is 0 Å². The van der Waals surface area contributed by atoms with Crippen molar-refractivity contribution in [2.24, 2.45) is 5.73 Å². The Morgan fingerprint density at radius 1 is 1.18 bits per heavy atom. The van der Waals surface area contributed by atoms with Crippen LogP contribution in [0.25, 0.3) is 16.5 Å². The van der Waals surface area contributed by atoms with Crippen LogP contribution >= 0.6 is 11.8 Å². The predicted molar refractivity (Wildman–Crippen MR) is 118 cm³/mol. The zero-order valence-electron chi connectivity index (χ0n) is 15.9. The summed E-state index contributed by atoms with van der Waals surface area (Å²) in [5.74, 6) is 1.69. The molecule has 28 heavy (non-hydrogen) atoms. The second-order valence-electron chi connectivity index (χ2n) is 7.14. The Morgan fingerprint density at radius 2 is 2.04 bits per heavy atom. The van der Waals surface area contributed by atoms with E-state index in [-0.39, 0.29) is 0 Å². The Morgan fingerprint density at radius 3 is 2.79 bits per heavy atom. The Bertz CT molecular complexity index is 994. The van der Waals surface area contributed by atoms with E-state index in [2.05, 4.69) is 46.3 Å². The molecule has 0 aliphatic carbocycles. The highest BCUT2D eigenvalue weighted by Crippen LogP contribution is 2.25. The summed E-state index contributed by atoms with van der Waals surface area (Å²) in [6, 6.07) is 16.3. The summed E-state index contributed by atoms with van der Waals surface area (Å²) in [4.78, 5) is 17.1. The lowest BCUT2D eigenvalue weighted by atomic mass is 10.00. The van der Waals surface area contributed by atoms with E-state index in [1.807, 2.05) is 30.1 Å². The molecule has 4 rings (SSSR count). The summed E-state index contributed by atoms with van der Waals surface area (Å²) < 4.78 is 0. The number of primary amides is 1. The molecule has 0 fully saturated rings. The number of rotatable bonds is 7. The van der Waals surface area contributed by atoms with Crippen LogP contribution in [0.15, 0.2) is 60.8 Å². The van der Waals surface area contributed by atoms with Crippen LogP contribution < -0.4 is 5.73 Å². The van der Waals surface area contributed by atoms with Crippen molar-refractivity contribution in [3.05, 3.63) is 77.5 Å². The van der Waals surface area contributed by atoms with E-state index in [0.29, 0.717) is 5.56 Å². The molecule has 1 aliphatic rings.